The molecule has 0 amide bonds. The van der Waals surface area contributed by atoms with Crippen LogP contribution in [0.25, 0.3) is 0 Å². The molecule has 0 spiro atoms. The third-order valence-corrected chi connectivity index (χ3v) is 3.72. The van der Waals surface area contributed by atoms with Crippen LogP contribution in [0.4, 0.5) is 5.69 Å². The monoisotopic (exact) mass is 203 g/mol. The molecule has 82 valence electrons. The molecule has 1 aliphatic rings. The Morgan fingerprint density at radius 2 is 2.00 bits per heavy atom. The Balaban J connectivity index is 2.42. The van der Waals surface area contributed by atoms with E-state index in [4.69, 9.17) is 0 Å². The van der Waals surface area contributed by atoms with Crippen molar-refractivity contribution in [1.82, 2.24) is 0 Å². The summed E-state index contributed by atoms with van der Waals surface area (Å²) in [6.07, 6.45) is 2.38. The lowest BCUT2D eigenvalue weighted by Gasteiger charge is -2.40. The van der Waals surface area contributed by atoms with E-state index < -0.39 is 0 Å². The summed E-state index contributed by atoms with van der Waals surface area (Å²) >= 11 is 0. The van der Waals surface area contributed by atoms with Gasteiger partial charge in [0.05, 0.1) is 0 Å². The number of benzene rings is 1. The first-order valence-corrected chi connectivity index (χ1v) is 5.93. The summed E-state index contributed by atoms with van der Waals surface area (Å²) in [6, 6.07) is 9.45. The van der Waals surface area contributed by atoms with Crippen molar-refractivity contribution in [2.75, 3.05) is 4.90 Å². The molecular formula is C14H21N. The Morgan fingerprint density at radius 1 is 1.33 bits per heavy atom. The second-order valence-corrected chi connectivity index (χ2v) is 5.22. The van der Waals surface area contributed by atoms with E-state index in [1.165, 1.54) is 24.1 Å². The van der Waals surface area contributed by atoms with Crippen molar-refractivity contribution in [1.29, 1.82) is 0 Å². The van der Waals surface area contributed by atoms with Crippen LogP contribution in [0.2, 0.25) is 0 Å². The van der Waals surface area contributed by atoms with Gasteiger partial charge in [0.1, 0.15) is 0 Å². The van der Waals surface area contributed by atoms with Gasteiger partial charge in [-0.1, -0.05) is 25.1 Å². The van der Waals surface area contributed by atoms with Gasteiger partial charge in [-0.05, 0) is 45.2 Å². The molecule has 1 heterocycles. The smallest absolute Gasteiger partial charge is 0.0406 e. The van der Waals surface area contributed by atoms with Crippen LogP contribution in [0.3, 0.4) is 0 Å². The number of fused-ring (bicyclic) bond motifs is 1. The summed E-state index contributed by atoms with van der Waals surface area (Å²) in [6.45, 7) is 9.28. The fraction of sp³-hybridized carbons (Fsp3) is 0.571. The zero-order valence-corrected chi connectivity index (χ0v) is 10.2. The average Bonchev–Trinajstić information content (AvgIpc) is 2.54. The van der Waals surface area contributed by atoms with Crippen molar-refractivity contribution in [3.05, 3.63) is 29.8 Å². The molecule has 1 aromatic rings. The minimum Gasteiger partial charge on any atom is -0.363 e. The van der Waals surface area contributed by atoms with Gasteiger partial charge < -0.3 is 4.90 Å². The van der Waals surface area contributed by atoms with Crippen LogP contribution in [0.1, 0.15) is 39.7 Å². The first-order valence-electron chi connectivity index (χ1n) is 5.93. The summed E-state index contributed by atoms with van der Waals surface area (Å²) in [5.74, 6) is 0. The van der Waals surface area contributed by atoms with E-state index >= 15 is 0 Å². The quantitative estimate of drug-likeness (QED) is 0.709. The van der Waals surface area contributed by atoms with Gasteiger partial charge in [-0.15, -0.1) is 0 Å². The Kier molecular flexibility index (Phi) is 2.49. The molecule has 0 aliphatic carbocycles. The third kappa shape index (κ3) is 1.64. The van der Waals surface area contributed by atoms with Gasteiger partial charge in [-0.3, -0.25) is 0 Å². The minimum atomic E-state index is 0.270. The maximum absolute atomic E-state index is 2.59. The van der Waals surface area contributed by atoms with E-state index in [0.29, 0.717) is 6.04 Å². The van der Waals surface area contributed by atoms with E-state index in [2.05, 4.69) is 56.9 Å². The van der Waals surface area contributed by atoms with Gasteiger partial charge >= 0.3 is 0 Å². The van der Waals surface area contributed by atoms with E-state index in [-0.39, 0.29) is 5.54 Å². The molecule has 1 atom stereocenters. The molecule has 0 aromatic heterocycles. The van der Waals surface area contributed by atoms with Crippen LogP contribution in [0, 0.1) is 0 Å². The Hall–Kier alpha value is -0.980. The van der Waals surface area contributed by atoms with Gasteiger partial charge in [0.25, 0.3) is 0 Å². The Bertz CT molecular complexity index is 354. The summed E-state index contributed by atoms with van der Waals surface area (Å²) in [5, 5.41) is 0. The maximum atomic E-state index is 2.59. The highest BCUT2D eigenvalue weighted by molar-refractivity contribution is 5.60. The van der Waals surface area contributed by atoms with Gasteiger partial charge in [0.15, 0.2) is 0 Å². The van der Waals surface area contributed by atoms with E-state index in [1.54, 1.807) is 0 Å². The van der Waals surface area contributed by atoms with E-state index in [9.17, 15) is 0 Å². The summed E-state index contributed by atoms with van der Waals surface area (Å²) in [7, 11) is 0. The van der Waals surface area contributed by atoms with Crippen LogP contribution in [0.15, 0.2) is 24.3 Å². The number of anilines is 1. The standard InChI is InChI=1S/C14H21N/c1-5-14(3,4)15-11(2)10-12-8-6-7-9-13(12)15/h6-9,11H,5,10H2,1-4H3. The Morgan fingerprint density at radius 3 is 2.67 bits per heavy atom. The van der Waals surface area contributed by atoms with E-state index in [1.807, 2.05) is 0 Å². The normalized spacial score (nSPS) is 20.5. The van der Waals surface area contributed by atoms with Gasteiger partial charge in [0, 0.05) is 17.3 Å². The molecule has 0 bridgehead atoms. The lowest BCUT2D eigenvalue weighted by molar-refractivity contribution is 0.418. The van der Waals surface area contributed by atoms with Crippen molar-refractivity contribution in [3.8, 4) is 0 Å². The predicted molar refractivity (Wildman–Crippen MR) is 66.5 cm³/mol. The summed E-state index contributed by atoms with van der Waals surface area (Å²) < 4.78 is 0. The number of hydrogen-bond donors (Lipinski definition) is 0. The minimum absolute atomic E-state index is 0.270. The second kappa shape index (κ2) is 3.55. The van der Waals surface area contributed by atoms with Crippen molar-refractivity contribution in [2.24, 2.45) is 0 Å². The molecule has 2 rings (SSSR count). The zero-order chi connectivity index (χ0) is 11.1. The van der Waals surface area contributed by atoms with Crippen molar-refractivity contribution >= 4 is 5.69 Å². The van der Waals surface area contributed by atoms with Crippen molar-refractivity contribution in [3.63, 3.8) is 0 Å². The molecule has 1 aliphatic heterocycles. The molecule has 0 fully saturated rings. The molecule has 0 radical (unpaired) electrons. The molecule has 0 N–H and O–H groups in total. The summed E-state index contributed by atoms with van der Waals surface area (Å²) in [4.78, 5) is 2.59. The number of hydrogen-bond acceptors (Lipinski definition) is 1. The largest absolute Gasteiger partial charge is 0.363 e. The maximum Gasteiger partial charge on any atom is 0.0406 e. The molecule has 1 unspecified atom stereocenters. The number of para-hydroxylation sites is 1. The lowest BCUT2D eigenvalue weighted by Crippen LogP contribution is -2.46. The van der Waals surface area contributed by atoms with Crippen LogP contribution in [-0.2, 0) is 6.42 Å². The molecule has 0 saturated carbocycles. The average molecular weight is 203 g/mol. The third-order valence-electron chi connectivity index (χ3n) is 3.72. The molecule has 0 saturated heterocycles. The van der Waals surface area contributed by atoms with Crippen LogP contribution < -0.4 is 4.90 Å². The van der Waals surface area contributed by atoms with Crippen LogP contribution >= 0.6 is 0 Å². The van der Waals surface area contributed by atoms with Crippen LogP contribution in [-0.4, -0.2) is 11.6 Å². The highest BCUT2D eigenvalue weighted by Gasteiger charge is 2.34. The second-order valence-electron chi connectivity index (χ2n) is 5.22. The lowest BCUT2D eigenvalue weighted by atomic mass is 9.98. The summed E-state index contributed by atoms with van der Waals surface area (Å²) in [5.41, 5.74) is 3.22. The Labute approximate surface area is 93.1 Å². The highest BCUT2D eigenvalue weighted by Crippen LogP contribution is 2.38. The van der Waals surface area contributed by atoms with Gasteiger partial charge in [-0.25, -0.2) is 0 Å². The van der Waals surface area contributed by atoms with Crippen molar-refractivity contribution in [2.45, 2.75) is 52.1 Å². The first kappa shape index (κ1) is 10.5. The zero-order valence-electron chi connectivity index (χ0n) is 10.2. The SMILES string of the molecule is CCC(C)(C)N1c2ccccc2CC1C. The number of rotatable bonds is 2. The molecule has 1 nitrogen and oxygen atoms in total. The molecule has 15 heavy (non-hydrogen) atoms. The van der Waals surface area contributed by atoms with Gasteiger partial charge in [0.2, 0.25) is 0 Å². The predicted octanol–water partition coefficient (Wildman–Crippen LogP) is 3.63. The fourth-order valence-corrected chi connectivity index (χ4v) is 2.66. The van der Waals surface area contributed by atoms with E-state index in [0.717, 1.165) is 0 Å². The molecular weight excluding hydrogens is 182 g/mol. The molecule has 1 aromatic carbocycles. The van der Waals surface area contributed by atoms with Gasteiger partial charge in [-0.2, -0.15) is 0 Å². The highest BCUT2D eigenvalue weighted by atomic mass is 15.2. The topological polar surface area (TPSA) is 3.24 Å². The molecule has 1 heteroatoms. The number of nitrogens with zero attached hydrogens (tertiary/aromatic N) is 1. The van der Waals surface area contributed by atoms with Crippen molar-refractivity contribution < 1.29 is 0 Å². The fourth-order valence-electron chi connectivity index (χ4n) is 2.66. The first-order chi connectivity index (χ1) is 7.06. The van der Waals surface area contributed by atoms with Crippen LogP contribution in [0.5, 0.6) is 0 Å².